The van der Waals surface area contributed by atoms with Crippen LogP contribution in [0.15, 0.2) is 60.7 Å². The van der Waals surface area contributed by atoms with Crippen LogP contribution in [0, 0.1) is 0 Å². The van der Waals surface area contributed by atoms with Crippen molar-refractivity contribution in [1.82, 2.24) is 10.2 Å². The van der Waals surface area contributed by atoms with Crippen molar-refractivity contribution in [3.8, 4) is 17.0 Å². The summed E-state index contributed by atoms with van der Waals surface area (Å²) in [4.78, 5) is 14.5. The number of nitrogens with one attached hydrogen (secondary N) is 2. The number of hydrogen-bond acceptors (Lipinski definition) is 5. The lowest BCUT2D eigenvalue weighted by atomic mass is 10.1. The van der Waals surface area contributed by atoms with Crippen molar-refractivity contribution in [3.05, 3.63) is 60.7 Å². The van der Waals surface area contributed by atoms with Gasteiger partial charge in [0.1, 0.15) is 5.75 Å². The Labute approximate surface area is 188 Å². The van der Waals surface area contributed by atoms with E-state index in [0.29, 0.717) is 17.1 Å². The molecule has 172 valence electrons. The number of nitrogens with zero attached hydrogens (tertiary/aromatic N) is 3. The summed E-state index contributed by atoms with van der Waals surface area (Å²) in [6.45, 7) is 1.97. The molecule has 2 aromatic carbocycles. The van der Waals surface area contributed by atoms with Crippen LogP contribution in [0.25, 0.3) is 11.3 Å². The quantitative estimate of drug-likeness (QED) is 0.516. The molecular formula is C23H22F3N5O2. The molecule has 1 fully saturated rings. The first kappa shape index (κ1) is 22.4. The van der Waals surface area contributed by atoms with E-state index < -0.39 is 12.4 Å². The fourth-order valence-electron chi connectivity index (χ4n) is 3.56. The van der Waals surface area contributed by atoms with Crippen LogP contribution < -0.4 is 20.3 Å². The maximum absolute atomic E-state index is 12.3. The third-order valence-electron chi connectivity index (χ3n) is 5.09. The number of halogens is 3. The molecule has 1 saturated heterocycles. The van der Waals surface area contributed by atoms with Crippen LogP contribution >= 0.6 is 0 Å². The number of carbonyl (C=O) groups is 1. The van der Waals surface area contributed by atoms with Crippen molar-refractivity contribution in [3.63, 3.8) is 0 Å². The second-order valence-electron chi connectivity index (χ2n) is 7.56. The molecule has 2 heterocycles. The summed E-state index contributed by atoms with van der Waals surface area (Å²) in [5.74, 6) is 0.493. The standard InChI is InChI=1S/C23H22F3N5O2/c24-23(25,26)33-19-9-7-17(8-10-19)27-22(32)28-18-6-4-5-16(15-18)20-11-12-21(30-29-20)31-13-2-1-3-14-31/h4-12,15H,1-3,13-14H2,(H2,27,28,32). The lowest BCUT2D eigenvalue weighted by Gasteiger charge is -2.27. The zero-order valence-electron chi connectivity index (χ0n) is 17.6. The molecule has 33 heavy (non-hydrogen) atoms. The molecule has 0 atom stereocenters. The van der Waals surface area contributed by atoms with Crippen LogP contribution in [-0.4, -0.2) is 35.7 Å². The summed E-state index contributed by atoms with van der Waals surface area (Å²) in [6, 6.07) is 15.3. The number of alkyl halides is 3. The van der Waals surface area contributed by atoms with Crippen LogP contribution in [0.3, 0.4) is 0 Å². The van der Waals surface area contributed by atoms with Gasteiger partial charge in [0.15, 0.2) is 5.82 Å². The van der Waals surface area contributed by atoms with Gasteiger partial charge in [-0.3, -0.25) is 0 Å². The highest BCUT2D eigenvalue weighted by Crippen LogP contribution is 2.25. The molecule has 0 radical (unpaired) electrons. The Bertz CT molecular complexity index is 1080. The summed E-state index contributed by atoms with van der Waals surface area (Å²) >= 11 is 0. The number of hydrogen-bond donors (Lipinski definition) is 2. The largest absolute Gasteiger partial charge is 0.573 e. The Balaban J connectivity index is 1.37. The highest BCUT2D eigenvalue weighted by Gasteiger charge is 2.31. The van der Waals surface area contributed by atoms with E-state index in [0.717, 1.165) is 49.4 Å². The van der Waals surface area contributed by atoms with Gasteiger partial charge in [0.25, 0.3) is 0 Å². The normalized spacial score (nSPS) is 14.0. The van der Waals surface area contributed by atoms with E-state index in [1.54, 1.807) is 18.2 Å². The van der Waals surface area contributed by atoms with Gasteiger partial charge < -0.3 is 20.3 Å². The second-order valence-corrected chi connectivity index (χ2v) is 7.56. The van der Waals surface area contributed by atoms with E-state index in [-0.39, 0.29) is 5.75 Å². The molecule has 0 bridgehead atoms. The fourth-order valence-corrected chi connectivity index (χ4v) is 3.56. The molecule has 1 aromatic heterocycles. The minimum Gasteiger partial charge on any atom is -0.406 e. The van der Waals surface area contributed by atoms with Crippen molar-refractivity contribution in [2.24, 2.45) is 0 Å². The topological polar surface area (TPSA) is 79.4 Å². The number of urea groups is 1. The first-order valence-electron chi connectivity index (χ1n) is 10.5. The molecule has 2 N–H and O–H groups in total. The smallest absolute Gasteiger partial charge is 0.406 e. The van der Waals surface area contributed by atoms with Crippen molar-refractivity contribution in [2.45, 2.75) is 25.6 Å². The SMILES string of the molecule is O=C(Nc1ccc(OC(F)(F)F)cc1)Nc1cccc(-c2ccc(N3CCCCC3)nn2)c1. The van der Waals surface area contributed by atoms with Gasteiger partial charge in [-0.1, -0.05) is 12.1 Å². The molecule has 10 heteroatoms. The number of rotatable bonds is 5. The number of carbonyl (C=O) groups excluding carboxylic acids is 1. The highest BCUT2D eigenvalue weighted by molar-refractivity contribution is 6.00. The van der Waals surface area contributed by atoms with Gasteiger partial charge in [0.05, 0.1) is 5.69 Å². The van der Waals surface area contributed by atoms with Crippen molar-refractivity contribution in [2.75, 3.05) is 28.6 Å². The van der Waals surface area contributed by atoms with Gasteiger partial charge in [-0.25, -0.2) is 4.79 Å². The summed E-state index contributed by atoms with van der Waals surface area (Å²) in [5, 5.41) is 13.9. The Hall–Kier alpha value is -3.82. The molecule has 2 amide bonds. The van der Waals surface area contributed by atoms with Crippen LogP contribution in [-0.2, 0) is 0 Å². The molecule has 4 rings (SSSR count). The van der Waals surface area contributed by atoms with Gasteiger partial charge >= 0.3 is 12.4 Å². The molecule has 7 nitrogen and oxygen atoms in total. The second kappa shape index (κ2) is 9.76. The van der Waals surface area contributed by atoms with Crippen molar-refractivity contribution in [1.29, 1.82) is 0 Å². The zero-order chi connectivity index (χ0) is 23.3. The highest BCUT2D eigenvalue weighted by atomic mass is 19.4. The van der Waals surface area contributed by atoms with Crippen LogP contribution in [0.5, 0.6) is 5.75 Å². The zero-order valence-corrected chi connectivity index (χ0v) is 17.6. The Kier molecular flexibility index (Phi) is 6.62. The van der Waals surface area contributed by atoms with Gasteiger partial charge in [-0.2, -0.15) is 0 Å². The van der Waals surface area contributed by atoms with E-state index in [1.165, 1.54) is 18.6 Å². The predicted molar refractivity (Wildman–Crippen MR) is 119 cm³/mol. The summed E-state index contributed by atoms with van der Waals surface area (Å²) in [6.07, 6.45) is -1.21. The molecule has 0 spiro atoms. The number of ether oxygens (including phenoxy) is 1. The molecule has 0 unspecified atom stereocenters. The number of aromatic nitrogens is 2. The number of amides is 2. The number of anilines is 3. The van der Waals surface area contributed by atoms with Gasteiger partial charge in [-0.05, 0) is 67.8 Å². The van der Waals surface area contributed by atoms with Crippen LogP contribution in [0.2, 0.25) is 0 Å². The van der Waals surface area contributed by atoms with E-state index in [4.69, 9.17) is 0 Å². The van der Waals surface area contributed by atoms with E-state index in [1.807, 2.05) is 18.2 Å². The predicted octanol–water partition coefficient (Wildman–Crippen LogP) is 5.68. The van der Waals surface area contributed by atoms with Crippen molar-refractivity contribution >= 4 is 23.2 Å². The minimum atomic E-state index is -4.77. The summed E-state index contributed by atoms with van der Waals surface area (Å²) in [5.41, 5.74) is 2.32. The van der Waals surface area contributed by atoms with E-state index >= 15 is 0 Å². The molecule has 0 saturated carbocycles. The maximum Gasteiger partial charge on any atom is 0.573 e. The molecule has 3 aromatic rings. The maximum atomic E-state index is 12.3. The first-order chi connectivity index (χ1) is 15.9. The summed E-state index contributed by atoms with van der Waals surface area (Å²) < 4.78 is 40.5. The number of piperidine rings is 1. The third kappa shape index (κ3) is 6.34. The third-order valence-corrected chi connectivity index (χ3v) is 5.09. The van der Waals surface area contributed by atoms with Crippen molar-refractivity contribution < 1.29 is 22.7 Å². The average molecular weight is 457 g/mol. The van der Waals surface area contributed by atoms with Gasteiger partial charge in [0.2, 0.25) is 0 Å². The molecule has 1 aliphatic heterocycles. The van der Waals surface area contributed by atoms with E-state index in [2.05, 4.69) is 30.5 Å². The molecule has 0 aliphatic carbocycles. The van der Waals surface area contributed by atoms with E-state index in [9.17, 15) is 18.0 Å². The fraction of sp³-hybridized carbons (Fsp3) is 0.261. The molecule has 1 aliphatic rings. The average Bonchev–Trinajstić information content (AvgIpc) is 2.80. The number of benzene rings is 2. The Morgan fingerprint density at radius 1 is 0.879 bits per heavy atom. The molecular weight excluding hydrogens is 435 g/mol. The Morgan fingerprint density at radius 3 is 2.27 bits per heavy atom. The lowest BCUT2D eigenvalue weighted by molar-refractivity contribution is -0.274. The first-order valence-corrected chi connectivity index (χ1v) is 10.5. The Morgan fingerprint density at radius 2 is 1.61 bits per heavy atom. The lowest BCUT2D eigenvalue weighted by Crippen LogP contribution is -2.30. The van der Waals surface area contributed by atoms with Gasteiger partial charge in [-0.15, -0.1) is 23.4 Å². The minimum absolute atomic E-state index is 0.317. The van der Waals surface area contributed by atoms with Crippen LogP contribution in [0.4, 0.5) is 35.2 Å². The van der Waals surface area contributed by atoms with Crippen LogP contribution in [0.1, 0.15) is 19.3 Å². The summed E-state index contributed by atoms with van der Waals surface area (Å²) in [7, 11) is 0. The van der Waals surface area contributed by atoms with Gasteiger partial charge in [0, 0.05) is 30.0 Å². The monoisotopic (exact) mass is 457 g/mol.